The average Bonchev–Trinajstić information content (AvgIpc) is 2.15. The first-order valence-electron chi connectivity index (χ1n) is 4.64. The maximum Gasteiger partial charge on any atom is 0.126 e. The topological polar surface area (TPSA) is 32.3 Å². The first-order valence-corrected chi connectivity index (χ1v) is 4.64. The van der Waals surface area contributed by atoms with E-state index < -0.39 is 0 Å². The zero-order valence-electron chi connectivity index (χ0n) is 8.55. The monoisotopic (exact) mass is 197 g/mol. The quantitative estimate of drug-likeness (QED) is 0.719. The van der Waals surface area contributed by atoms with Gasteiger partial charge in [0.1, 0.15) is 5.82 Å². The summed E-state index contributed by atoms with van der Waals surface area (Å²) in [6, 6.07) is 6.72. The molecule has 0 radical (unpaired) electrons. The van der Waals surface area contributed by atoms with Crippen molar-refractivity contribution in [2.24, 2.45) is 0 Å². The molecule has 0 saturated heterocycles. The molecule has 1 aromatic carbocycles. The Hall–Kier alpha value is -0.930. The minimum atomic E-state index is -0.311. The van der Waals surface area contributed by atoms with Crippen molar-refractivity contribution in [3.63, 3.8) is 0 Å². The van der Waals surface area contributed by atoms with Crippen molar-refractivity contribution in [1.82, 2.24) is 5.32 Å². The van der Waals surface area contributed by atoms with Gasteiger partial charge in [-0.25, -0.2) is 4.39 Å². The van der Waals surface area contributed by atoms with E-state index in [1.54, 1.807) is 12.1 Å². The highest BCUT2D eigenvalue weighted by Gasteiger charge is 2.22. The van der Waals surface area contributed by atoms with Gasteiger partial charge in [0, 0.05) is 12.0 Å². The van der Waals surface area contributed by atoms with E-state index in [-0.39, 0.29) is 18.0 Å². The molecule has 0 heterocycles. The Morgan fingerprint density at radius 1 is 1.36 bits per heavy atom. The van der Waals surface area contributed by atoms with Crippen LogP contribution in [0.1, 0.15) is 19.4 Å². The van der Waals surface area contributed by atoms with Gasteiger partial charge < -0.3 is 5.11 Å². The SMILES string of the molecule is CC(C)(CNCO)c1ccccc1F. The number of halogens is 1. The minimum absolute atomic E-state index is 0.0854. The lowest BCUT2D eigenvalue weighted by Crippen LogP contribution is -2.34. The molecule has 0 amide bonds. The van der Waals surface area contributed by atoms with Crippen molar-refractivity contribution in [2.75, 3.05) is 13.3 Å². The highest BCUT2D eigenvalue weighted by atomic mass is 19.1. The highest BCUT2D eigenvalue weighted by molar-refractivity contribution is 5.25. The third kappa shape index (κ3) is 2.53. The number of nitrogens with one attached hydrogen (secondary N) is 1. The zero-order chi connectivity index (χ0) is 10.6. The maximum absolute atomic E-state index is 13.4. The fourth-order valence-electron chi connectivity index (χ4n) is 1.47. The number of hydrogen-bond donors (Lipinski definition) is 2. The van der Waals surface area contributed by atoms with Gasteiger partial charge in [-0.15, -0.1) is 0 Å². The molecule has 0 fully saturated rings. The second-order valence-corrected chi connectivity index (χ2v) is 3.95. The van der Waals surface area contributed by atoms with Gasteiger partial charge in [-0.1, -0.05) is 32.0 Å². The zero-order valence-corrected chi connectivity index (χ0v) is 8.55. The fraction of sp³-hybridized carbons (Fsp3) is 0.455. The Bertz CT molecular complexity index is 299. The summed E-state index contributed by atoms with van der Waals surface area (Å²) in [6.07, 6.45) is 0. The fourth-order valence-corrected chi connectivity index (χ4v) is 1.47. The van der Waals surface area contributed by atoms with Crippen LogP contribution in [0.4, 0.5) is 4.39 Å². The summed E-state index contributed by atoms with van der Waals surface area (Å²) in [4.78, 5) is 0. The molecule has 0 atom stereocenters. The van der Waals surface area contributed by atoms with E-state index in [0.717, 1.165) is 0 Å². The molecule has 3 heteroatoms. The molecule has 0 bridgehead atoms. The second kappa shape index (κ2) is 4.53. The highest BCUT2D eigenvalue weighted by Crippen LogP contribution is 2.24. The Labute approximate surface area is 83.8 Å². The van der Waals surface area contributed by atoms with Gasteiger partial charge in [0.15, 0.2) is 0 Å². The summed E-state index contributed by atoms with van der Waals surface area (Å²) in [6.45, 7) is 4.34. The summed E-state index contributed by atoms with van der Waals surface area (Å²) < 4.78 is 13.4. The van der Waals surface area contributed by atoms with E-state index >= 15 is 0 Å². The van der Waals surface area contributed by atoms with Crippen LogP contribution < -0.4 is 5.32 Å². The van der Waals surface area contributed by atoms with Crippen molar-refractivity contribution >= 4 is 0 Å². The van der Waals surface area contributed by atoms with Crippen molar-refractivity contribution < 1.29 is 9.50 Å². The van der Waals surface area contributed by atoms with Crippen LogP contribution in [-0.4, -0.2) is 18.4 Å². The van der Waals surface area contributed by atoms with Crippen LogP contribution in [0, 0.1) is 5.82 Å². The lowest BCUT2D eigenvalue weighted by atomic mass is 9.84. The first-order chi connectivity index (χ1) is 6.58. The Morgan fingerprint density at radius 3 is 2.57 bits per heavy atom. The number of rotatable bonds is 4. The molecule has 1 aromatic rings. The standard InChI is InChI=1S/C11H16FNO/c1-11(2,7-13-8-14)9-5-3-4-6-10(9)12/h3-6,13-14H,7-8H2,1-2H3. The molecule has 0 aliphatic carbocycles. The first kappa shape index (κ1) is 11.1. The summed E-state index contributed by atoms with van der Waals surface area (Å²) in [7, 11) is 0. The average molecular weight is 197 g/mol. The molecule has 2 N–H and O–H groups in total. The van der Waals surface area contributed by atoms with Gasteiger partial charge in [0.25, 0.3) is 0 Å². The number of aliphatic hydroxyl groups is 1. The Kier molecular flexibility index (Phi) is 3.61. The molecule has 78 valence electrons. The lowest BCUT2D eigenvalue weighted by molar-refractivity contribution is 0.246. The molecule has 0 aliphatic heterocycles. The Balaban J connectivity index is 2.86. The van der Waals surface area contributed by atoms with E-state index in [4.69, 9.17) is 5.11 Å². The summed E-state index contributed by atoms with van der Waals surface area (Å²) >= 11 is 0. The van der Waals surface area contributed by atoms with E-state index in [1.165, 1.54) is 6.07 Å². The molecule has 0 spiro atoms. The third-order valence-corrected chi connectivity index (χ3v) is 2.28. The molecule has 0 aliphatic rings. The van der Waals surface area contributed by atoms with Gasteiger partial charge >= 0.3 is 0 Å². The van der Waals surface area contributed by atoms with E-state index in [1.807, 2.05) is 19.9 Å². The second-order valence-electron chi connectivity index (χ2n) is 3.95. The maximum atomic E-state index is 13.4. The summed E-state index contributed by atoms with van der Waals surface area (Å²) in [5.41, 5.74) is 0.356. The predicted octanol–water partition coefficient (Wildman–Crippen LogP) is 1.64. The molecule has 14 heavy (non-hydrogen) atoms. The van der Waals surface area contributed by atoms with E-state index in [9.17, 15) is 4.39 Å². The van der Waals surface area contributed by atoms with Crippen LogP contribution in [0.2, 0.25) is 0 Å². The van der Waals surface area contributed by atoms with Crippen molar-refractivity contribution in [3.05, 3.63) is 35.6 Å². The molecule has 2 nitrogen and oxygen atoms in total. The smallest absolute Gasteiger partial charge is 0.126 e. The van der Waals surface area contributed by atoms with Gasteiger partial charge in [-0.3, -0.25) is 5.32 Å². The predicted molar refractivity (Wildman–Crippen MR) is 54.5 cm³/mol. The van der Waals surface area contributed by atoms with Crippen molar-refractivity contribution in [3.8, 4) is 0 Å². The number of benzene rings is 1. The molecule has 1 rings (SSSR count). The van der Waals surface area contributed by atoms with Gasteiger partial charge in [0.05, 0.1) is 6.73 Å². The van der Waals surface area contributed by atoms with Crippen LogP contribution in [0.25, 0.3) is 0 Å². The van der Waals surface area contributed by atoms with Crippen LogP contribution in [-0.2, 0) is 5.41 Å². The van der Waals surface area contributed by atoms with Crippen molar-refractivity contribution in [1.29, 1.82) is 0 Å². The molecule has 0 unspecified atom stereocenters. The van der Waals surface area contributed by atoms with Crippen LogP contribution in [0.3, 0.4) is 0 Å². The van der Waals surface area contributed by atoms with E-state index in [2.05, 4.69) is 5.32 Å². The summed E-state index contributed by atoms with van der Waals surface area (Å²) in [5.74, 6) is -0.197. The van der Waals surface area contributed by atoms with Gasteiger partial charge in [-0.05, 0) is 11.6 Å². The minimum Gasteiger partial charge on any atom is -0.381 e. The van der Waals surface area contributed by atoms with Gasteiger partial charge in [-0.2, -0.15) is 0 Å². The normalized spacial score (nSPS) is 11.7. The van der Waals surface area contributed by atoms with E-state index in [0.29, 0.717) is 12.1 Å². The summed E-state index contributed by atoms with van der Waals surface area (Å²) in [5, 5.41) is 11.4. The van der Waals surface area contributed by atoms with Crippen LogP contribution in [0.5, 0.6) is 0 Å². The van der Waals surface area contributed by atoms with Crippen LogP contribution in [0.15, 0.2) is 24.3 Å². The van der Waals surface area contributed by atoms with Gasteiger partial charge in [0.2, 0.25) is 0 Å². The third-order valence-electron chi connectivity index (χ3n) is 2.28. The molecular formula is C11H16FNO. The lowest BCUT2D eigenvalue weighted by Gasteiger charge is -2.25. The van der Waals surface area contributed by atoms with Crippen molar-refractivity contribution in [2.45, 2.75) is 19.3 Å². The largest absolute Gasteiger partial charge is 0.381 e. The molecule has 0 saturated carbocycles. The molecular weight excluding hydrogens is 181 g/mol. The number of hydrogen-bond acceptors (Lipinski definition) is 2. The molecule has 0 aromatic heterocycles. The number of aliphatic hydroxyl groups excluding tert-OH is 1. The van der Waals surface area contributed by atoms with Crippen LogP contribution >= 0.6 is 0 Å². The Morgan fingerprint density at radius 2 is 2.00 bits per heavy atom.